The minimum absolute atomic E-state index is 0.421. The Morgan fingerprint density at radius 1 is 1.14 bits per heavy atom. The van der Waals surface area contributed by atoms with Crippen LogP contribution in [-0.2, 0) is 13.1 Å². The molecule has 158 valence electrons. The van der Waals surface area contributed by atoms with Gasteiger partial charge in [0.1, 0.15) is 0 Å². The second-order valence-corrected chi connectivity index (χ2v) is 8.89. The summed E-state index contributed by atoms with van der Waals surface area (Å²) in [5.41, 5.74) is 2.57. The molecule has 0 aliphatic carbocycles. The SMILES string of the molecule is CCNC(=NCc1cccc(CN(C)C)c1)NCC(c1cccs1)N1CCCC1. The van der Waals surface area contributed by atoms with Gasteiger partial charge in [-0.3, -0.25) is 4.90 Å². The molecule has 1 aromatic heterocycles. The smallest absolute Gasteiger partial charge is 0.191 e. The first-order chi connectivity index (χ1) is 14.2. The molecule has 1 saturated heterocycles. The van der Waals surface area contributed by atoms with Crippen molar-refractivity contribution in [1.29, 1.82) is 0 Å². The topological polar surface area (TPSA) is 42.9 Å². The van der Waals surface area contributed by atoms with Gasteiger partial charge in [0.05, 0.1) is 12.6 Å². The van der Waals surface area contributed by atoms with Crippen LogP contribution in [-0.4, -0.2) is 56.0 Å². The fraction of sp³-hybridized carbons (Fsp3) is 0.522. The Morgan fingerprint density at radius 2 is 1.93 bits per heavy atom. The summed E-state index contributed by atoms with van der Waals surface area (Å²) in [6, 6.07) is 13.6. The number of guanidine groups is 1. The Morgan fingerprint density at radius 3 is 2.62 bits per heavy atom. The number of thiophene rings is 1. The molecule has 0 saturated carbocycles. The lowest BCUT2D eigenvalue weighted by Crippen LogP contribution is -2.42. The predicted molar refractivity (Wildman–Crippen MR) is 125 cm³/mol. The van der Waals surface area contributed by atoms with Crippen LogP contribution in [0.1, 0.15) is 41.8 Å². The summed E-state index contributed by atoms with van der Waals surface area (Å²) in [7, 11) is 4.20. The van der Waals surface area contributed by atoms with Crippen LogP contribution in [0.15, 0.2) is 46.8 Å². The Balaban J connectivity index is 1.64. The van der Waals surface area contributed by atoms with E-state index in [1.165, 1.54) is 41.9 Å². The van der Waals surface area contributed by atoms with E-state index >= 15 is 0 Å². The standard InChI is InChI=1S/C23H35N5S/c1-4-24-23(25-16-19-9-7-10-20(15-19)18-27(2)3)26-17-21(22-11-8-14-29-22)28-12-5-6-13-28/h7-11,14-15,21H,4-6,12-13,16-18H2,1-3H3,(H2,24,25,26). The molecule has 1 aliphatic rings. The maximum Gasteiger partial charge on any atom is 0.191 e. The van der Waals surface area contributed by atoms with Crippen molar-refractivity contribution in [3.8, 4) is 0 Å². The Hall–Kier alpha value is -1.89. The summed E-state index contributed by atoms with van der Waals surface area (Å²) in [5.74, 6) is 0.895. The first kappa shape index (κ1) is 21.8. The van der Waals surface area contributed by atoms with Crippen LogP contribution in [0, 0.1) is 0 Å². The lowest BCUT2D eigenvalue weighted by molar-refractivity contribution is 0.249. The number of benzene rings is 1. The first-order valence-corrected chi connectivity index (χ1v) is 11.6. The van der Waals surface area contributed by atoms with Crippen LogP contribution in [0.25, 0.3) is 0 Å². The highest BCUT2D eigenvalue weighted by molar-refractivity contribution is 7.10. The van der Waals surface area contributed by atoms with Crippen molar-refractivity contribution < 1.29 is 0 Å². The van der Waals surface area contributed by atoms with Gasteiger partial charge in [-0.25, -0.2) is 4.99 Å². The van der Waals surface area contributed by atoms with Gasteiger partial charge in [0.15, 0.2) is 5.96 Å². The summed E-state index contributed by atoms with van der Waals surface area (Å²) in [6.07, 6.45) is 2.61. The normalized spacial score (nSPS) is 16.3. The van der Waals surface area contributed by atoms with E-state index in [0.29, 0.717) is 12.6 Å². The fourth-order valence-corrected chi connectivity index (χ4v) is 4.70. The fourth-order valence-electron chi connectivity index (χ4n) is 3.84. The summed E-state index contributed by atoms with van der Waals surface area (Å²) in [5, 5.41) is 9.18. The van der Waals surface area contributed by atoms with Gasteiger partial charge in [0.2, 0.25) is 0 Å². The van der Waals surface area contributed by atoms with Crippen LogP contribution in [0.3, 0.4) is 0 Å². The minimum Gasteiger partial charge on any atom is -0.357 e. The van der Waals surface area contributed by atoms with Crippen molar-refractivity contribution in [3.05, 3.63) is 57.8 Å². The average Bonchev–Trinajstić information content (AvgIpc) is 3.41. The molecule has 2 aromatic rings. The van der Waals surface area contributed by atoms with E-state index in [1.807, 2.05) is 11.3 Å². The monoisotopic (exact) mass is 413 g/mol. The van der Waals surface area contributed by atoms with Crippen LogP contribution in [0.2, 0.25) is 0 Å². The van der Waals surface area contributed by atoms with Crippen LogP contribution in [0.5, 0.6) is 0 Å². The number of hydrogen-bond donors (Lipinski definition) is 2. The number of rotatable bonds is 9. The van der Waals surface area contributed by atoms with Gasteiger partial charge in [-0.2, -0.15) is 0 Å². The number of aliphatic imine (C=N–C) groups is 1. The molecule has 0 amide bonds. The maximum atomic E-state index is 4.85. The van der Waals surface area contributed by atoms with Gasteiger partial charge in [-0.15, -0.1) is 11.3 Å². The summed E-state index contributed by atoms with van der Waals surface area (Å²) < 4.78 is 0. The lowest BCUT2D eigenvalue weighted by atomic mass is 10.1. The van der Waals surface area contributed by atoms with E-state index < -0.39 is 0 Å². The minimum atomic E-state index is 0.421. The van der Waals surface area contributed by atoms with E-state index in [-0.39, 0.29) is 0 Å². The van der Waals surface area contributed by atoms with Crippen molar-refractivity contribution in [2.75, 3.05) is 40.3 Å². The van der Waals surface area contributed by atoms with Gasteiger partial charge >= 0.3 is 0 Å². The van der Waals surface area contributed by atoms with Gasteiger partial charge in [0.25, 0.3) is 0 Å². The highest BCUT2D eigenvalue weighted by atomic mass is 32.1. The zero-order valence-corrected chi connectivity index (χ0v) is 18.8. The zero-order valence-electron chi connectivity index (χ0n) is 18.0. The molecule has 29 heavy (non-hydrogen) atoms. The van der Waals surface area contributed by atoms with Crippen molar-refractivity contribution in [2.24, 2.45) is 4.99 Å². The van der Waals surface area contributed by atoms with E-state index in [0.717, 1.165) is 25.6 Å². The highest BCUT2D eigenvalue weighted by Crippen LogP contribution is 2.27. The molecule has 6 heteroatoms. The molecule has 1 unspecified atom stereocenters. The molecule has 0 spiro atoms. The summed E-state index contributed by atoms with van der Waals surface area (Å²) in [4.78, 5) is 11.1. The van der Waals surface area contributed by atoms with Crippen LogP contribution < -0.4 is 10.6 Å². The Kier molecular flexibility index (Phi) is 8.52. The molecule has 1 fully saturated rings. The van der Waals surface area contributed by atoms with E-state index in [1.54, 1.807) is 0 Å². The van der Waals surface area contributed by atoms with Gasteiger partial charge in [-0.1, -0.05) is 30.3 Å². The van der Waals surface area contributed by atoms with E-state index in [4.69, 9.17) is 4.99 Å². The zero-order chi connectivity index (χ0) is 20.5. The Bertz CT molecular complexity index is 750. The number of nitrogens with zero attached hydrogens (tertiary/aromatic N) is 3. The highest BCUT2D eigenvalue weighted by Gasteiger charge is 2.24. The quantitative estimate of drug-likeness (QED) is 0.486. The maximum absolute atomic E-state index is 4.85. The van der Waals surface area contributed by atoms with E-state index in [9.17, 15) is 0 Å². The third-order valence-corrected chi connectivity index (χ3v) is 6.14. The largest absolute Gasteiger partial charge is 0.357 e. The van der Waals surface area contributed by atoms with Gasteiger partial charge in [-0.05, 0) is 69.5 Å². The third kappa shape index (κ3) is 6.84. The van der Waals surface area contributed by atoms with Crippen molar-refractivity contribution >= 4 is 17.3 Å². The second kappa shape index (κ2) is 11.3. The van der Waals surface area contributed by atoms with Gasteiger partial charge in [0, 0.05) is 24.5 Å². The predicted octanol–water partition coefficient (Wildman–Crippen LogP) is 3.70. The van der Waals surface area contributed by atoms with Crippen LogP contribution >= 0.6 is 11.3 Å². The van der Waals surface area contributed by atoms with Gasteiger partial charge < -0.3 is 15.5 Å². The molecule has 5 nitrogen and oxygen atoms in total. The van der Waals surface area contributed by atoms with Crippen molar-refractivity contribution in [1.82, 2.24) is 20.4 Å². The molecule has 1 atom stereocenters. The van der Waals surface area contributed by atoms with Crippen molar-refractivity contribution in [3.63, 3.8) is 0 Å². The van der Waals surface area contributed by atoms with E-state index in [2.05, 4.69) is 83.2 Å². The molecule has 0 radical (unpaired) electrons. The molecular formula is C23H35N5S. The summed E-state index contributed by atoms with van der Waals surface area (Å²) in [6.45, 7) is 7.88. The summed E-state index contributed by atoms with van der Waals surface area (Å²) >= 11 is 1.85. The lowest BCUT2D eigenvalue weighted by Gasteiger charge is -2.27. The average molecular weight is 414 g/mol. The number of nitrogens with one attached hydrogen (secondary N) is 2. The molecule has 1 aliphatic heterocycles. The Labute approximate surface area is 179 Å². The molecule has 0 bridgehead atoms. The third-order valence-electron chi connectivity index (χ3n) is 5.17. The molecule has 1 aromatic carbocycles. The molecule has 2 heterocycles. The van der Waals surface area contributed by atoms with Crippen molar-refractivity contribution in [2.45, 2.75) is 38.9 Å². The number of likely N-dealkylation sites (tertiary alicyclic amines) is 1. The molecule has 3 rings (SSSR count). The molecular weight excluding hydrogens is 378 g/mol. The first-order valence-electron chi connectivity index (χ1n) is 10.7. The molecule has 2 N–H and O–H groups in total. The second-order valence-electron chi connectivity index (χ2n) is 7.91. The number of hydrogen-bond acceptors (Lipinski definition) is 4. The van der Waals surface area contributed by atoms with Crippen LogP contribution in [0.4, 0.5) is 0 Å².